The molecule has 1 unspecified atom stereocenters. The zero-order valence-electron chi connectivity index (χ0n) is 52.0. The van der Waals surface area contributed by atoms with Gasteiger partial charge in [0, 0.05) is 19.3 Å². The van der Waals surface area contributed by atoms with E-state index >= 15 is 0 Å². The van der Waals surface area contributed by atoms with E-state index in [4.69, 9.17) is 14.2 Å². The van der Waals surface area contributed by atoms with Crippen LogP contribution in [0.3, 0.4) is 0 Å². The van der Waals surface area contributed by atoms with E-state index in [1.54, 1.807) is 0 Å². The summed E-state index contributed by atoms with van der Waals surface area (Å²) in [5.41, 5.74) is 0. The number of carbonyl (C=O) groups is 3. The average Bonchev–Trinajstić information content (AvgIpc) is 3.43. The van der Waals surface area contributed by atoms with E-state index in [9.17, 15) is 14.4 Å². The predicted octanol–water partition coefficient (Wildman–Crippen LogP) is 23.6. The second kappa shape index (κ2) is 66.1. The molecule has 0 amide bonds. The fourth-order valence-electron chi connectivity index (χ4n) is 10.4. The van der Waals surface area contributed by atoms with Crippen molar-refractivity contribution < 1.29 is 28.6 Å². The number of rotatable bonds is 64. The number of esters is 3. The molecule has 0 aromatic rings. The molecule has 0 fully saturated rings. The van der Waals surface area contributed by atoms with E-state index in [0.717, 1.165) is 77.0 Å². The minimum atomic E-state index is -0.777. The van der Waals surface area contributed by atoms with Crippen molar-refractivity contribution in [3.63, 3.8) is 0 Å². The standard InChI is InChI=1S/C71H132O6/c1-4-7-10-13-16-19-22-24-26-28-29-30-31-32-33-34-35-36-37-38-39-40-41-42-43-44-46-47-49-52-55-58-61-64-70(73)76-67-68(66-75-69(72)63-60-57-54-51-21-18-15-12-9-6-3)77-71(74)65-62-59-56-53-50-48-45-27-25-23-20-17-14-11-8-5-2/h12,15,27-29,45,68H,4-11,13-14,16-26,30-44,46-67H2,1-3H3/b15-12-,29-28-,45-27-. The van der Waals surface area contributed by atoms with Crippen LogP contribution >= 0.6 is 0 Å². The number of hydrogen-bond acceptors (Lipinski definition) is 6. The van der Waals surface area contributed by atoms with Gasteiger partial charge < -0.3 is 14.2 Å². The van der Waals surface area contributed by atoms with Gasteiger partial charge in [0.05, 0.1) is 0 Å². The third kappa shape index (κ3) is 64.3. The Morgan fingerprint density at radius 1 is 0.247 bits per heavy atom. The molecule has 0 radical (unpaired) electrons. The Bertz CT molecular complexity index is 1290. The molecule has 6 heteroatoms. The van der Waals surface area contributed by atoms with Crippen LogP contribution in [-0.2, 0) is 28.6 Å². The van der Waals surface area contributed by atoms with Crippen molar-refractivity contribution in [1.29, 1.82) is 0 Å². The summed E-state index contributed by atoms with van der Waals surface area (Å²) >= 11 is 0. The van der Waals surface area contributed by atoms with Crippen molar-refractivity contribution >= 4 is 17.9 Å². The SMILES string of the molecule is CCC/C=C\CCCCCCCC(=O)OCC(COC(=O)CCCCCCCCCCCCCCCCCCCCCCC/C=C\CCCCCCCCCC)OC(=O)CCCCCCC/C=C\CCCCCCCCC. The van der Waals surface area contributed by atoms with Gasteiger partial charge in [-0.3, -0.25) is 14.4 Å². The summed E-state index contributed by atoms with van der Waals surface area (Å²) in [7, 11) is 0. The summed E-state index contributed by atoms with van der Waals surface area (Å²) in [5, 5.41) is 0. The third-order valence-corrected chi connectivity index (χ3v) is 15.6. The van der Waals surface area contributed by atoms with Gasteiger partial charge in [-0.05, 0) is 89.9 Å². The molecule has 0 rings (SSSR count). The molecular formula is C71H132O6. The molecule has 0 aliphatic carbocycles. The van der Waals surface area contributed by atoms with Crippen molar-refractivity contribution in [3.05, 3.63) is 36.5 Å². The van der Waals surface area contributed by atoms with Crippen LogP contribution in [0, 0.1) is 0 Å². The first-order valence-electron chi connectivity index (χ1n) is 34.5. The highest BCUT2D eigenvalue weighted by Gasteiger charge is 2.19. The summed E-state index contributed by atoms with van der Waals surface area (Å²) in [4.78, 5) is 38.2. The Hall–Kier alpha value is -2.37. The van der Waals surface area contributed by atoms with Gasteiger partial charge in [-0.15, -0.1) is 0 Å². The molecule has 0 bridgehead atoms. The maximum absolute atomic E-state index is 12.9. The minimum Gasteiger partial charge on any atom is -0.462 e. The largest absolute Gasteiger partial charge is 0.462 e. The van der Waals surface area contributed by atoms with Crippen molar-refractivity contribution in [2.24, 2.45) is 0 Å². The topological polar surface area (TPSA) is 78.9 Å². The van der Waals surface area contributed by atoms with Crippen molar-refractivity contribution in [2.75, 3.05) is 13.2 Å². The van der Waals surface area contributed by atoms with Crippen molar-refractivity contribution in [1.82, 2.24) is 0 Å². The Morgan fingerprint density at radius 2 is 0.455 bits per heavy atom. The maximum atomic E-state index is 12.9. The Morgan fingerprint density at radius 3 is 0.701 bits per heavy atom. The third-order valence-electron chi connectivity index (χ3n) is 15.6. The van der Waals surface area contributed by atoms with Gasteiger partial charge in [-0.1, -0.05) is 308 Å². The second-order valence-electron chi connectivity index (χ2n) is 23.4. The summed E-state index contributed by atoms with van der Waals surface area (Å²) in [5.74, 6) is -0.872. The number of unbranched alkanes of at least 4 members (excludes halogenated alkanes) is 47. The van der Waals surface area contributed by atoms with Gasteiger partial charge in [0.2, 0.25) is 0 Å². The molecule has 0 aromatic heterocycles. The number of ether oxygens (including phenoxy) is 3. The Labute approximate surface area is 480 Å². The fraction of sp³-hybridized carbons (Fsp3) is 0.873. The number of hydrogen-bond donors (Lipinski definition) is 0. The van der Waals surface area contributed by atoms with E-state index in [-0.39, 0.29) is 31.1 Å². The smallest absolute Gasteiger partial charge is 0.306 e. The number of allylic oxidation sites excluding steroid dienone is 6. The summed E-state index contributed by atoms with van der Waals surface area (Å²) < 4.78 is 16.9. The monoisotopic (exact) mass is 1080 g/mol. The van der Waals surface area contributed by atoms with Gasteiger partial charge in [-0.25, -0.2) is 0 Å². The van der Waals surface area contributed by atoms with Gasteiger partial charge in [-0.2, -0.15) is 0 Å². The van der Waals surface area contributed by atoms with Crippen LogP contribution in [0.5, 0.6) is 0 Å². The first-order chi connectivity index (χ1) is 38.0. The molecule has 0 aromatic carbocycles. The lowest BCUT2D eigenvalue weighted by Gasteiger charge is -2.18. The average molecular weight is 1080 g/mol. The molecule has 77 heavy (non-hydrogen) atoms. The zero-order chi connectivity index (χ0) is 55.7. The quantitative estimate of drug-likeness (QED) is 0.0261. The van der Waals surface area contributed by atoms with Crippen LogP contribution in [-0.4, -0.2) is 37.2 Å². The van der Waals surface area contributed by atoms with Crippen LogP contribution in [0.2, 0.25) is 0 Å². The van der Waals surface area contributed by atoms with Gasteiger partial charge in [0.1, 0.15) is 13.2 Å². The van der Waals surface area contributed by atoms with Crippen LogP contribution in [0.4, 0.5) is 0 Å². The summed E-state index contributed by atoms with van der Waals surface area (Å²) in [6, 6.07) is 0. The minimum absolute atomic E-state index is 0.0741. The van der Waals surface area contributed by atoms with E-state index in [0.29, 0.717) is 19.3 Å². The van der Waals surface area contributed by atoms with Crippen LogP contribution < -0.4 is 0 Å². The molecule has 0 heterocycles. The van der Waals surface area contributed by atoms with Crippen molar-refractivity contribution in [3.8, 4) is 0 Å². The van der Waals surface area contributed by atoms with Gasteiger partial charge in [0.25, 0.3) is 0 Å². The molecule has 452 valence electrons. The molecule has 6 nitrogen and oxygen atoms in total. The zero-order valence-corrected chi connectivity index (χ0v) is 52.0. The lowest BCUT2D eigenvalue weighted by Crippen LogP contribution is -2.30. The maximum Gasteiger partial charge on any atom is 0.306 e. The predicted molar refractivity (Wildman–Crippen MR) is 335 cm³/mol. The van der Waals surface area contributed by atoms with Crippen molar-refractivity contribution in [2.45, 2.75) is 386 Å². The molecule has 0 saturated carbocycles. The molecule has 0 spiro atoms. The normalized spacial score (nSPS) is 12.2. The van der Waals surface area contributed by atoms with E-state index in [2.05, 4.69) is 57.2 Å². The van der Waals surface area contributed by atoms with E-state index in [1.807, 2.05) is 0 Å². The highest BCUT2D eigenvalue weighted by Crippen LogP contribution is 2.18. The molecule has 0 N–H and O–H groups in total. The summed E-state index contributed by atoms with van der Waals surface area (Å²) in [6.07, 6.45) is 82.0. The molecule has 0 aliphatic rings. The lowest BCUT2D eigenvalue weighted by atomic mass is 10.0. The first-order valence-corrected chi connectivity index (χ1v) is 34.5. The molecule has 0 saturated heterocycles. The molecule has 0 aliphatic heterocycles. The molecular weight excluding hydrogens is 949 g/mol. The summed E-state index contributed by atoms with van der Waals surface area (Å²) in [6.45, 7) is 6.62. The fourth-order valence-corrected chi connectivity index (χ4v) is 10.4. The van der Waals surface area contributed by atoms with Crippen LogP contribution in [0.15, 0.2) is 36.5 Å². The lowest BCUT2D eigenvalue weighted by molar-refractivity contribution is -0.167. The van der Waals surface area contributed by atoms with Crippen LogP contribution in [0.25, 0.3) is 0 Å². The van der Waals surface area contributed by atoms with E-state index < -0.39 is 6.10 Å². The number of carbonyl (C=O) groups excluding carboxylic acids is 3. The van der Waals surface area contributed by atoms with E-state index in [1.165, 1.54) is 263 Å². The van der Waals surface area contributed by atoms with Gasteiger partial charge >= 0.3 is 17.9 Å². The second-order valence-corrected chi connectivity index (χ2v) is 23.4. The highest BCUT2D eigenvalue weighted by atomic mass is 16.6. The van der Waals surface area contributed by atoms with Gasteiger partial charge in [0.15, 0.2) is 6.10 Å². The molecule has 1 atom stereocenters. The Kier molecular flexibility index (Phi) is 64.1. The highest BCUT2D eigenvalue weighted by molar-refractivity contribution is 5.71. The first kappa shape index (κ1) is 74.6. The van der Waals surface area contributed by atoms with Crippen LogP contribution in [0.1, 0.15) is 380 Å². The Balaban J connectivity index is 4.03.